The Balaban J connectivity index is 1.96. The van der Waals surface area contributed by atoms with Gasteiger partial charge in [-0.3, -0.25) is 9.88 Å². The highest BCUT2D eigenvalue weighted by Crippen LogP contribution is 2.33. The van der Waals surface area contributed by atoms with E-state index < -0.39 is 0 Å². The molecule has 2 N–H and O–H groups in total. The minimum Gasteiger partial charge on any atom is -0.329 e. The van der Waals surface area contributed by atoms with Gasteiger partial charge < -0.3 is 5.73 Å². The number of hydrogen-bond donors (Lipinski definition) is 1. The Labute approximate surface area is 120 Å². The maximum atomic E-state index is 6.10. The third-order valence-corrected chi connectivity index (χ3v) is 4.32. The standard InChI is InChI=1S/C17H23N3/c1-2-20(12-13-7-8-13)17(9-18)16-11-19-10-14-5-3-4-6-15(14)16/h3-6,10-11,13,17H,2,7-9,12,18H2,1H3. The lowest BCUT2D eigenvalue weighted by molar-refractivity contribution is 0.204. The van der Waals surface area contributed by atoms with Crippen molar-refractivity contribution in [1.82, 2.24) is 9.88 Å². The average Bonchev–Trinajstić information content (AvgIpc) is 3.31. The van der Waals surface area contributed by atoms with Crippen LogP contribution in [-0.2, 0) is 0 Å². The van der Waals surface area contributed by atoms with E-state index >= 15 is 0 Å². The van der Waals surface area contributed by atoms with Crippen molar-refractivity contribution in [3.63, 3.8) is 0 Å². The minimum atomic E-state index is 0.277. The third-order valence-electron chi connectivity index (χ3n) is 4.32. The molecule has 3 nitrogen and oxygen atoms in total. The van der Waals surface area contributed by atoms with Crippen molar-refractivity contribution in [2.24, 2.45) is 11.7 Å². The summed E-state index contributed by atoms with van der Waals surface area (Å²) in [6.45, 7) is 5.09. The van der Waals surface area contributed by atoms with Crippen molar-refractivity contribution < 1.29 is 0 Å². The molecule has 1 saturated carbocycles. The van der Waals surface area contributed by atoms with Crippen LogP contribution in [0, 0.1) is 5.92 Å². The van der Waals surface area contributed by atoms with Gasteiger partial charge in [0.05, 0.1) is 0 Å². The van der Waals surface area contributed by atoms with Gasteiger partial charge in [0.15, 0.2) is 0 Å². The van der Waals surface area contributed by atoms with Gasteiger partial charge in [-0.2, -0.15) is 0 Å². The summed E-state index contributed by atoms with van der Waals surface area (Å²) in [5.74, 6) is 0.881. The normalized spacial score (nSPS) is 16.8. The van der Waals surface area contributed by atoms with Gasteiger partial charge in [-0.25, -0.2) is 0 Å². The molecule has 1 heterocycles. The molecule has 2 aromatic rings. The predicted octanol–water partition coefficient (Wildman–Crippen LogP) is 2.97. The Bertz CT molecular complexity index is 572. The minimum absolute atomic E-state index is 0.277. The molecule has 0 bridgehead atoms. The van der Waals surface area contributed by atoms with E-state index in [1.807, 2.05) is 12.4 Å². The van der Waals surface area contributed by atoms with Crippen LogP contribution >= 0.6 is 0 Å². The number of pyridine rings is 1. The van der Waals surface area contributed by atoms with E-state index in [0.717, 1.165) is 12.5 Å². The molecule has 0 aliphatic heterocycles. The maximum absolute atomic E-state index is 6.10. The molecule has 0 saturated heterocycles. The van der Waals surface area contributed by atoms with Crippen LogP contribution in [0.2, 0.25) is 0 Å². The van der Waals surface area contributed by atoms with Gasteiger partial charge in [0.25, 0.3) is 0 Å². The molecule has 20 heavy (non-hydrogen) atoms. The van der Waals surface area contributed by atoms with Gasteiger partial charge in [-0.05, 0) is 36.3 Å². The second-order valence-electron chi connectivity index (χ2n) is 5.73. The topological polar surface area (TPSA) is 42.1 Å². The zero-order chi connectivity index (χ0) is 13.9. The number of fused-ring (bicyclic) bond motifs is 1. The molecule has 1 aromatic heterocycles. The van der Waals surface area contributed by atoms with Crippen molar-refractivity contribution in [1.29, 1.82) is 0 Å². The summed E-state index contributed by atoms with van der Waals surface area (Å²) in [5.41, 5.74) is 7.37. The van der Waals surface area contributed by atoms with Crippen LogP contribution in [0.5, 0.6) is 0 Å². The van der Waals surface area contributed by atoms with Crippen molar-refractivity contribution in [3.05, 3.63) is 42.2 Å². The first-order chi connectivity index (χ1) is 9.83. The molecule has 106 valence electrons. The summed E-state index contributed by atoms with van der Waals surface area (Å²) >= 11 is 0. The zero-order valence-electron chi connectivity index (χ0n) is 12.1. The van der Waals surface area contributed by atoms with Crippen LogP contribution in [0.3, 0.4) is 0 Å². The van der Waals surface area contributed by atoms with Crippen LogP contribution < -0.4 is 5.73 Å². The number of hydrogen-bond acceptors (Lipinski definition) is 3. The first-order valence-electron chi connectivity index (χ1n) is 7.60. The highest BCUT2D eigenvalue weighted by atomic mass is 15.2. The molecule has 0 amide bonds. The Morgan fingerprint density at radius 2 is 2.10 bits per heavy atom. The van der Waals surface area contributed by atoms with E-state index in [2.05, 4.69) is 41.1 Å². The van der Waals surface area contributed by atoms with Crippen molar-refractivity contribution in [2.75, 3.05) is 19.6 Å². The molecule has 1 aliphatic rings. The smallest absolute Gasteiger partial charge is 0.0491 e. The highest BCUT2D eigenvalue weighted by molar-refractivity contribution is 5.85. The molecule has 1 fully saturated rings. The zero-order valence-corrected chi connectivity index (χ0v) is 12.1. The largest absolute Gasteiger partial charge is 0.329 e. The molecule has 0 spiro atoms. The Morgan fingerprint density at radius 1 is 1.30 bits per heavy atom. The molecule has 1 atom stereocenters. The molecule has 1 unspecified atom stereocenters. The molecule has 3 heteroatoms. The number of nitrogens with zero attached hydrogens (tertiary/aromatic N) is 2. The maximum Gasteiger partial charge on any atom is 0.0491 e. The number of nitrogens with two attached hydrogens (primary N) is 1. The molecule has 3 rings (SSSR count). The Hall–Kier alpha value is -1.45. The summed E-state index contributed by atoms with van der Waals surface area (Å²) in [6, 6.07) is 8.74. The molecule has 0 radical (unpaired) electrons. The SMILES string of the molecule is CCN(CC1CC1)C(CN)c1cncc2ccccc12. The molecule has 1 aliphatic carbocycles. The fraction of sp³-hybridized carbons (Fsp3) is 0.471. The van der Waals surface area contributed by atoms with Gasteiger partial charge in [-0.1, -0.05) is 31.2 Å². The van der Waals surface area contributed by atoms with Crippen LogP contribution in [0.4, 0.5) is 0 Å². The van der Waals surface area contributed by atoms with Gasteiger partial charge in [0, 0.05) is 36.9 Å². The Morgan fingerprint density at radius 3 is 2.80 bits per heavy atom. The second-order valence-corrected chi connectivity index (χ2v) is 5.73. The number of likely N-dealkylation sites (N-methyl/N-ethyl adjacent to an activating group) is 1. The quantitative estimate of drug-likeness (QED) is 0.876. The predicted molar refractivity (Wildman–Crippen MR) is 83.5 cm³/mol. The molecule has 1 aromatic carbocycles. The van der Waals surface area contributed by atoms with E-state index in [-0.39, 0.29) is 6.04 Å². The number of aromatic nitrogens is 1. The van der Waals surface area contributed by atoms with Crippen molar-refractivity contribution in [3.8, 4) is 0 Å². The Kier molecular flexibility index (Phi) is 3.99. The van der Waals surface area contributed by atoms with Crippen molar-refractivity contribution >= 4 is 10.8 Å². The van der Waals surface area contributed by atoms with Crippen LogP contribution in [-0.4, -0.2) is 29.5 Å². The third kappa shape index (κ3) is 2.69. The first kappa shape index (κ1) is 13.5. The lowest BCUT2D eigenvalue weighted by Gasteiger charge is -2.30. The van der Waals surface area contributed by atoms with E-state index in [0.29, 0.717) is 6.54 Å². The molecular weight excluding hydrogens is 246 g/mol. The van der Waals surface area contributed by atoms with Crippen molar-refractivity contribution in [2.45, 2.75) is 25.8 Å². The van der Waals surface area contributed by atoms with Gasteiger partial charge in [0.1, 0.15) is 0 Å². The highest BCUT2D eigenvalue weighted by Gasteiger charge is 2.28. The van der Waals surface area contributed by atoms with Crippen LogP contribution in [0.25, 0.3) is 10.8 Å². The second kappa shape index (κ2) is 5.90. The summed E-state index contributed by atoms with van der Waals surface area (Å²) in [4.78, 5) is 6.93. The van der Waals surface area contributed by atoms with E-state index in [4.69, 9.17) is 5.73 Å². The summed E-state index contributed by atoms with van der Waals surface area (Å²) in [7, 11) is 0. The van der Waals surface area contributed by atoms with E-state index in [9.17, 15) is 0 Å². The van der Waals surface area contributed by atoms with E-state index in [1.165, 1.54) is 35.7 Å². The summed E-state index contributed by atoms with van der Waals surface area (Å²) < 4.78 is 0. The van der Waals surface area contributed by atoms with E-state index in [1.54, 1.807) is 0 Å². The fourth-order valence-electron chi connectivity index (χ4n) is 2.99. The van der Waals surface area contributed by atoms with Crippen LogP contribution in [0.15, 0.2) is 36.7 Å². The van der Waals surface area contributed by atoms with Crippen LogP contribution in [0.1, 0.15) is 31.4 Å². The van der Waals surface area contributed by atoms with Gasteiger partial charge in [0.2, 0.25) is 0 Å². The average molecular weight is 269 g/mol. The fourth-order valence-corrected chi connectivity index (χ4v) is 2.99. The lowest BCUT2D eigenvalue weighted by atomic mass is 10.00. The summed E-state index contributed by atoms with van der Waals surface area (Å²) in [5, 5.41) is 2.48. The van der Waals surface area contributed by atoms with Gasteiger partial charge >= 0.3 is 0 Å². The number of rotatable bonds is 6. The summed E-state index contributed by atoms with van der Waals surface area (Å²) in [6.07, 6.45) is 6.68. The monoisotopic (exact) mass is 269 g/mol. The van der Waals surface area contributed by atoms with Gasteiger partial charge in [-0.15, -0.1) is 0 Å². The molecular formula is C17H23N3. The lowest BCUT2D eigenvalue weighted by Crippen LogP contribution is -2.35. The number of benzene rings is 1. The first-order valence-corrected chi connectivity index (χ1v) is 7.60.